The molecule has 0 aromatic carbocycles. The molecule has 0 radical (unpaired) electrons. The summed E-state index contributed by atoms with van der Waals surface area (Å²) < 4.78 is 14.6. The van der Waals surface area contributed by atoms with E-state index in [1.807, 2.05) is 0 Å². The van der Waals surface area contributed by atoms with Gasteiger partial charge < -0.3 is 25.3 Å². The van der Waals surface area contributed by atoms with Gasteiger partial charge in [0.2, 0.25) is 11.9 Å². The second-order valence-corrected chi connectivity index (χ2v) is 5.10. The average Bonchev–Trinajstić information content (AvgIpc) is 2.54. The Balaban J connectivity index is 5.41. The van der Waals surface area contributed by atoms with Crippen molar-refractivity contribution in [3.05, 3.63) is 12.2 Å². The van der Waals surface area contributed by atoms with E-state index in [1.54, 1.807) is 20.8 Å². The van der Waals surface area contributed by atoms with E-state index in [2.05, 4.69) is 11.9 Å². The summed E-state index contributed by atoms with van der Waals surface area (Å²) >= 11 is 0. The van der Waals surface area contributed by atoms with Crippen LogP contribution >= 0.6 is 0 Å². The van der Waals surface area contributed by atoms with Gasteiger partial charge >= 0.3 is 17.9 Å². The van der Waals surface area contributed by atoms with E-state index >= 15 is 0 Å². The normalized spacial score (nSPS) is 11.8. The summed E-state index contributed by atoms with van der Waals surface area (Å²) in [5.74, 6) is -2.59. The Bertz CT molecular complexity index is 487. The molecule has 0 fully saturated rings. The fourth-order valence-electron chi connectivity index (χ4n) is 2.10. The summed E-state index contributed by atoms with van der Waals surface area (Å²) in [5.41, 5.74) is 3.90. The Kier molecular flexibility index (Phi) is 10.1. The Labute approximate surface area is 146 Å². The Morgan fingerprint density at radius 3 is 1.96 bits per heavy atom. The molecule has 1 unspecified atom stereocenters. The zero-order valence-electron chi connectivity index (χ0n) is 14.8. The first-order valence-corrected chi connectivity index (χ1v) is 7.93. The third-order valence-electron chi connectivity index (χ3n) is 3.17. The van der Waals surface area contributed by atoms with Gasteiger partial charge in [-0.3, -0.25) is 9.59 Å². The van der Waals surface area contributed by atoms with Crippen LogP contribution in [0.15, 0.2) is 12.2 Å². The molecule has 0 heterocycles. The number of amides is 1. The van der Waals surface area contributed by atoms with Gasteiger partial charge in [0.15, 0.2) is 0 Å². The van der Waals surface area contributed by atoms with Crippen molar-refractivity contribution >= 4 is 24.3 Å². The van der Waals surface area contributed by atoms with Gasteiger partial charge in [-0.15, -0.1) is 0 Å². The van der Waals surface area contributed by atoms with E-state index in [1.165, 1.54) is 0 Å². The molecule has 0 aliphatic heterocycles. The number of rotatable bonds is 12. The van der Waals surface area contributed by atoms with Crippen LogP contribution in [0.2, 0.25) is 0 Å². The fraction of sp³-hybridized carbons (Fsp3) is 0.625. The van der Waals surface area contributed by atoms with E-state index in [4.69, 9.17) is 19.9 Å². The van der Waals surface area contributed by atoms with Crippen molar-refractivity contribution < 1.29 is 33.4 Å². The summed E-state index contributed by atoms with van der Waals surface area (Å²) in [6.07, 6.45) is -0.164. The fourth-order valence-corrected chi connectivity index (χ4v) is 2.10. The largest absolute Gasteiger partial charge is 0.465 e. The lowest BCUT2D eigenvalue weighted by Crippen LogP contribution is -2.59. The van der Waals surface area contributed by atoms with Crippen LogP contribution in [0, 0.1) is 0 Å². The van der Waals surface area contributed by atoms with Gasteiger partial charge in [-0.1, -0.05) is 12.2 Å². The summed E-state index contributed by atoms with van der Waals surface area (Å²) in [5, 5.41) is 2.18. The minimum Gasteiger partial charge on any atom is -0.465 e. The van der Waals surface area contributed by atoms with Gasteiger partial charge in [0, 0.05) is 6.42 Å². The SMILES string of the molecule is C=C(CC(N)C(=O)OCC)CC(NC=O)(C(=O)OCC)C(=O)OCC. The summed E-state index contributed by atoms with van der Waals surface area (Å²) in [7, 11) is 0. The number of hydrogen-bond acceptors (Lipinski definition) is 8. The van der Waals surface area contributed by atoms with Crippen LogP contribution in [0.4, 0.5) is 0 Å². The van der Waals surface area contributed by atoms with Crippen molar-refractivity contribution in [2.45, 2.75) is 45.2 Å². The van der Waals surface area contributed by atoms with Gasteiger partial charge in [0.1, 0.15) is 6.04 Å². The molecule has 9 nitrogen and oxygen atoms in total. The number of hydrogen-bond donors (Lipinski definition) is 2. The maximum absolute atomic E-state index is 12.3. The molecule has 0 spiro atoms. The predicted molar refractivity (Wildman–Crippen MR) is 88.2 cm³/mol. The first-order valence-electron chi connectivity index (χ1n) is 7.93. The maximum atomic E-state index is 12.3. The average molecular weight is 358 g/mol. The van der Waals surface area contributed by atoms with E-state index in [0.717, 1.165) is 0 Å². The molecule has 0 aromatic heterocycles. The van der Waals surface area contributed by atoms with Gasteiger partial charge in [-0.25, -0.2) is 9.59 Å². The highest BCUT2D eigenvalue weighted by molar-refractivity contribution is 6.06. The van der Waals surface area contributed by atoms with Crippen LogP contribution in [0.25, 0.3) is 0 Å². The molecule has 1 atom stereocenters. The number of nitrogens with one attached hydrogen (secondary N) is 1. The van der Waals surface area contributed by atoms with Crippen LogP contribution in [-0.2, 0) is 33.4 Å². The maximum Gasteiger partial charge on any atom is 0.344 e. The van der Waals surface area contributed by atoms with E-state index in [-0.39, 0.29) is 44.6 Å². The third-order valence-corrected chi connectivity index (χ3v) is 3.17. The molecule has 0 aromatic rings. The molecule has 25 heavy (non-hydrogen) atoms. The molecular formula is C16H26N2O7. The quantitative estimate of drug-likeness (QED) is 0.161. The lowest BCUT2D eigenvalue weighted by molar-refractivity contribution is -0.167. The number of carbonyl (C=O) groups is 4. The summed E-state index contributed by atoms with van der Waals surface area (Å²) in [4.78, 5) is 47.2. The predicted octanol–water partition coefficient (Wildman–Crippen LogP) is -0.176. The van der Waals surface area contributed by atoms with Gasteiger partial charge in [-0.2, -0.15) is 0 Å². The highest BCUT2D eigenvalue weighted by atomic mass is 16.6. The molecule has 0 bridgehead atoms. The smallest absolute Gasteiger partial charge is 0.344 e. The van der Waals surface area contributed by atoms with E-state index < -0.39 is 29.5 Å². The van der Waals surface area contributed by atoms with Crippen LogP contribution in [0.1, 0.15) is 33.6 Å². The van der Waals surface area contributed by atoms with Gasteiger partial charge in [-0.05, 0) is 27.2 Å². The molecule has 142 valence electrons. The zero-order chi connectivity index (χ0) is 19.5. The van der Waals surface area contributed by atoms with E-state index in [9.17, 15) is 19.2 Å². The standard InChI is InChI=1S/C16H26N2O7/c1-5-23-13(20)12(17)8-11(4)9-16(18-10-19,14(21)24-6-2)15(22)25-7-3/h10,12H,4-9,17H2,1-3H3,(H,18,19). The highest BCUT2D eigenvalue weighted by Crippen LogP contribution is 2.23. The molecule has 9 heteroatoms. The first-order chi connectivity index (χ1) is 11.8. The number of carbonyl (C=O) groups excluding carboxylic acids is 4. The Morgan fingerprint density at radius 1 is 1.08 bits per heavy atom. The van der Waals surface area contributed by atoms with Gasteiger partial charge in [0.05, 0.1) is 19.8 Å². The van der Waals surface area contributed by atoms with Crippen molar-refractivity contribution in [1.29, 1.82) is 0 Å². The first kappa shape index (κ1) is 22.6. The molecule has 0 saturated carbocycles. The minimum absolute atomic E-state index is 0.00462. The second-order valence-electron chi connectivity index (χ2n) is 5.10. The Morgan fingerprint density at radius 2 is 1.56 bits per heavy atom. The van der Waals surface area contributed by atoms with E-state index in [0.29, 0.717) is 0 Å². The monoisotopic (exact) mass is 358 g/mol. The van der Waals surface area contributed by atoms with Crippen molar-refractivity contribution in [3.8, 4) is 0 Å². The molecule has 0 saturated heterocycles. The molecule has 1 amide bonds. The lowest BCUT2D eigenvalue weighted by atomic mass is 9.88. The third kappa shape index (κ3) is 6.54. The topological polar surface area (TPSA) is 134 Å². The summed E-state index contributed by atoms with van der Waals surface area (Å²) in [6, 6.07) is -1.01. The molecular weight excluding hydrogens is 332 g/mol. The molecule has 0 aliphatic carbocycles. The van der Waals surface area contributed by atoms with Crippen molar-refractivity contribution in [1.82, 2.24) is 5.32 Å². The molecule has 3 N–H and O–H groups in total. The highest BCUT2D eigenvalue weighted by Gasteiger charge is 2.49. The van der Waals surface area contributed by atoms with Crippen LogP contribution in [0.5, 0.6) is 0 Å². The van der Waals surface area contributed by atoms with Crippen molar-refractivity contribution in [2.24, 2.45) is 5.73 Å². The van der Waals surface area contributed by atoms with Crippen molar-refractivity contribution in [3.63, 3.8) is 0 Å². The zero-order valence-corrected chi connectivity index (χ0v) is 14.8. The Hall–Kier alpha value is -2.42. The number of esters is 3. The molecule has 0 aliphatic rings. The van der Waals surface area contributed by atoms with Crippen molar-refractivity contribution in [2.75, 3.05) is 19.8 Å². The lowest BCUT2D eigenvalue weighted by Gasteiger charge is -2.29. The number of ether oxygens (including phenoxy) is 3. The van der Waals surface area contributed by atoms with Crippen LogP contribution < -0.4 is 11.1 Å². The molecule has 0 rings (SSSR count). The van der Waals surface area contributed by atoms with Gasteiger partial charge in [0.25, 0.3) is 0 Å². The summed E-state index contributed by atoms with van der Waals surface area (Å²) in [6.45, 7) is 8.64. The van der Waals surface area contributed by atoms with Crippen LogP contribution in [-0.4, -0.2) is 55.7 Å². The van der Waals surface area contributed by atoms with Crippen LogP contribution in [0.3, 0.4) is 0 Å². The second kappa shape index (κ2) is 11.2. The minimum atomic E-state index is -2.08. The number of nitrogens with two attached hydrogens (primary N) is 1.